The smallest absolute Gasteiger partial charge is 0.142 e. The Bertz CT molecular complexity index is 528. The molecule has 0 heterocycles. The Morgan fingerprint density at radius 2 is 1.79 bits per heavy atom. The highest BCUT2D eigenvalue weighted by molar-refractivity contribution is 6.30. The van der Waals surface area contributed by atoms with Gasteiger partial charge in [0.15, 0.2) is 0 Å². The molecule has 2 aromatic rings. The van der Waals surface area contributed by atoms with Gasteiger partial charge in [-0.05, 0) is 42.5 Å². The first-order valence-corrected chi connectivity index (χ1v) is 6.69. The van der Waals surface area contributed by atoms with Gasteiger partial charge in [-0.3, -0.25) is 0 Å². The molecule has 2 rings (SSSR count). The predicted octanol–water partition coefficient (Wildman–Crippen LogP) is 4.02. The topological polar surface area (TPSA) is 20.2 Å². The first kappa shape index (κ1) is 14.0. The van der Waals surface area contributed by atoms with E-state index in [2.05, 4.69) is 0 Å². The second-order valence-corrected chi connectivity index (χ2v) is 5.04. The average Bonchev–Trinajstić information content (AvgIpc) is 2.42. The van der Waals surface area contributed by atoms with Crippen LogP contribution in [0.2, 0.25) is 5.02 Å². The van der Waals surface area contributed by atoms with E-state index < -0.39 is 11.9 Å². The van der Waals surface area contributed by atoms with Crippen molar-refractivity contribution >= 4 is 11.6 Å². The van der Waals surface area contributed by atoms with Gasteiger partial charge in [0.1, 0.15) is 5.82 Å². The van der Waals surface area contributed by atoms with E-state index in [1.807, 2.05) is 30.3 Å². The van der Waals surface area contributed by atoms with E-state index in [4.69, 9.17) is 11.6 Å². The van der Waals surface area contributed by atoms with E-state index in [9.17, 15) is 9.50 Å². The molecule has 1 nitrogen and oxygen atoms in total. The van der Waals surface area contributed by atoms with Crippen LogP contribution in [0.5, 0.6) is 0 Å². The van der Waals surface area contributed by atoms with Crippen LogP contribution in [0, 0.1) is 5.82 Å². The van der Waals surface area contributed by atoms with Crippen molar-refractivity contribution in [1.82, 2.24) is 0 Å². The Hall–Kier alpha value is -1.38. The van der Waals surface area contributed by atoms with Crippen LogP contribution in [0.15, 0.2) is 48.5 Å². The van der Waals surface area contributed by atoms with Gasteiger partial charge in [0.05, 0.1) is 11.1 Å². The first-order chi connectivity index (χ1) is 9.15. The van der Waals surface area contributed by atoms with Crippen molar-refractivity contribution in [3.8, 4) is 0 Å². The molecular formula is C16H16ClFO. The molecule has 0 spiro atoms. The first-order valence-electron chi connectivity index (χ1n) is 6.31. The molecule has 3 heteroatoms. The van der Waals surface area contributed by atoms with Crippen LogP contribution in [0.4, 0.5) is 4.39 Å². The maximum Gasteiger partial charge on any atom is 0.142 e. The van der Waals surface area contributed by atoms with E-state index in [1.165, 1.54) is 17.7 Å². The molecule has 0 amide bonds. The van der Waals surface area contributed by atoms with Crippen LogP contribution < -0.4 is 0 Å². The molecule has 0 aromatic heterocycles. The fourth-order valence-corrected chi connectivity index (χ4v) is 2.14. The van der Waals surface area contributed by atoms with Gasteiger partial charge in [-0.15, -0.1) is 0 Å². The molecular weight excluding hydrogens is 263 g/mol. The molecule has 0 aliphatic rings. The third kappa shape index (κ3) is 4.34. The van der Waals surface area contributed by atoms with E-state index in [1.54, 1.807) is 6.07 Å². The molecule has 1 unspecified atom stereocenters. The van der Waals surface area contributed by atoms with Gasteiger partial charge in [0.2, 0.25) is 0 Å². The maximum absolute atomic E-state index is 13.3. The molecule has 0 saturated carbocycles. The molecule has 2 aromatic carbocycles. The average molecular weight is 279 g/mol. The van der Waals surface area contributed by atoms with Crippen LogP contribution in [-0.2, 0) is 12.8 Å². The van der Waals surface area contributed by atoms with Crippen LogP contribution in [-0.4, -0.2) is 11.2 Å². The number of aryl methyl sites for hydroxylation is 1. The summed E-state index contributed by atoms with van der Waals surface area (Å²) in [5, 5.41) is 10.1. The standard InChI is InChI=1S/C16H16ClFO/c17-15-9-7-13(11-16(15)18)10-14(19)8-6-12-4-2-1-3-5-12/h1-5,7,9,11,14,19H,6,8,10H2. The highest BCUT2D eigenvalue weighted by Gasteiger charge is 2.08. The number of halogens is 2. The number of hydrogen-bond donors (Lipinski definition) is 1. The van der Waals surface area contributed by atoms with Gasteiger partial charge in [-0.1, -0.05) is 48.0 Å². The monoisotopic (exact) mass is 278 g/mol. The Labute approximate surface area is 117 Å². The summed E-state index contributed by atoms with van der Waals surface area (Å²) >= 11 is 5.62. The van der Waals surface area contributed by atoms with E-state index >= 15 is 0 Å². The van der Waals surface area contributed by atoms with Crippen molar-refractivity contribution in [2.45, 2.75) is 25.4 Å². The quantitative estimate of drug-likeness (QED) is 0.876. The summed E-state index contributed by atoms with van der Waals surface area (Å²) in [4.78, 5) is 0. The SMILES string of the molecule is OC(CCc1ccccc1)Cc1ccc(Cl)c(F)c1. The largest absolute Gasteiger partial charge is 0.393 e. The molecule has 1 N–H and O–H groups in total. The van der Waals surface area contributed by atoms with Gasteiger partial charge < -0.3 is 5.11 Å². The Morgan fingerprint density at radius 3 is 2.47 bits per heavy atom. The molecule has 100 valence electrons. The summed E-state index contributed by atoms with van der Waals surface area (Å²) in [6.07, 6.45) is 1.45. The molecule has 19 heavy (non-hydrogen) atoms. The highest BCUT2D eigenvalue weighted by Crippen LogP contribution is 2.17. The lowest BCUT2D eigenvalue weighted by Gasteiger charge is -2.11. The normalized spacial score (nSPS) is 12.4. The van der Waals surface area contributed by atoms with E-state index in [0.717, 1.165) is 12.0 Å². The van der Waals surface area contributed by atoms with Crippen LogP contribution in [0.25, 0.3) is 0 Å². The van der Waals surface area contributed by atoms with Crippen molar-refractivity contribution in [3.05, 3.63) is 70.5 Å². The van der Waals surface area contributed by atoms with Crippen LogP contribution in [0.1, 0.15) is 17.5 Å². The summed E-state index contributed by atoms with van der Waals surface area (Å²) in [7, 11) is 0. The van der Waals surface area contributed by atoms with Crippen molar-refractivity contribution < 1.29 is 9.50 Å². The lowest BCUT2D eigenvalue weighted by atomic mass is 10.0. The molecule has 0 radical (unpaired) electrons. The molecule has 0 bridgehead atoms. The Kier molecular flexibility index (Phi) is 4.94. The fourth-order valence-electron chi connectivity index (χ4n) is 2.02. The zero-order valence-electron chi connectivity index (χ0n) is 10.5. The van der Waals surface area contributed by atoms with Crippen molar-refractivity contribution in [2.75, 3.05) is 0 Å². The van der Waals surface area contributed by atoms with Gasteiger partial charge in [0.25, 0.3) is 0 Å². The zero-order chi connectivity index (χ0) is 13.7. The molecule has 0 aliphatic heterocycles. The van der Waals surface area contributed by atoms with Gasteiger partial charge >= 0.3 is 0 Å². The summed E-state index contributed by atoms with van der Waals surface area (Å²) in [6, 6.07) is 14.7. The van der Waals surface area contributed by atoms with Crippen molar-refractivity contribution in [2.24, 2.45) is 0 Å². The van der Waals surface area contributed by atoms with E-state index in [-0.39, 0.29) is 5.02 Å². The van der Waals surface area contributed by atoms with Crippen molar-refractivity contribution in [1.29, 1.82) is 0 Å². The minimum Gasteiger partial charge on any atom is -0.393 e. The molecule has 0 fully saturated rings. The lowest BCUT2D eigenvalue weighted by molar-refractivity contribution is 0.165. The van der Waals surface area contributed by atoms with Gasteiger partial charge in [-0.2, -0.15) is 0 Å². The number of rotatable bonds is 5. The van der Waals surface area contributed by atoms with E-state index in [0.29, 0.717) is 12.8 Å². The molecule has 1 atom stereocenters. The lowest BCUT2D eigenvalue weighted by Crippen LogP contribution is -2.11. The third-order valence-corrected chi connectivity index (χ3v) is 3.37. The second kappa shape index (κ2) is 6.69. The number of aliphatic hydroxyl groups excluding tert-OH is 1. The Balaban J connectivity index is 1.87. The minimum atomic E-state index is -0.471. The highest BCUT2D eigenvalue weighted by atomic mass is 35.5. The second-order valence-electron chi connectivity index (χ2n) is 4.63. The third-order valence-electron chi connectivity index (χ3n) is 3.06. The van der Waals surface area contributed by atoms with Crippen molar-refractivity contribution in [3.63, 3.8) is 0 Å². The Morgan fingerprint density at radius 1 is 1.05 bits per heavy atom. The number of hydrogen-bond acceptors (Lipinski definition) is 1. The van der Waals surface area contributed by atoms with Gasteiger partial charge in [-0.25, -0.2) is 4.39 Å². The van der Waals surface area contributed by atoms with Crippen LogP contribution >= 0.6 is 11.6 Å². The summed E-state index contributed by atoms with van der Waals surface area (Å²) in [5.74, 6) is -0.436. The van der Waals surface area contributed by atoms with Crippen LogP contribution in [0.3, 0.4) is 0 Å². The summed E-state index contributed by atoms with van der Waals surface area (Å²) in [5.41, 5.74) is 1.96. The minimum absolute atomic E-state index is 0.113. The zero-order valence-corrected chi connectivity index (χ0v) is 11.3. The summed E-state index contributed by atoms with van der Waals surface area (Å²) < 4.78 is 13.3. The fraction of sp³-hybridized carbons (Fsp3) is 0.250. The number of aliphatic hydroxyl groups is 1. The van der Waals surface area contributed by atoms with Gasteiger partial charge in [0, 0.05) is 0 Å². The summed E-state index contributed by atoms with van der Waals surface area (Å²) in [6.45, 7) is 0. The maximum atomic E-state index is 13.3. The molecule has 0 saturated heterocycles. The molecule has 0 aliphatic carbocycles. The predicted molar refractivity (Wildman–Crippen MR) is 75.9 cm³/mol. The number of benzene rings is 2.